The highest BCUT2D eigenvalue weighted by molar-refractivity contribution is 9.08. The number of hydrogen-bond donors (Lipinski definition) is 0. The second kappa shape index (κ2) is 3.89. The van der Waals surface area contributed by atoms with Crippen LogP contribution in [0.2, 0.25) is 0 Å². The Morgan fingerprint density at radius 3 is 2.67 bits per heavy atom. The van der Waals surface area contributed by atoms with E-state index in [9.17, 15) is 13.2 Å². The molecule has 0 fully saturated rings. The number of nitrogens with zero attached hydrogens (tertiary/aromatic N) is 1. The van der Waals surface area contributed by atoms with Crippen LogP contribution >= 0.6 is 15.9 Å². The average Bonchev–Trinajstić information content (AvgIpc) is 2.05. The lowest BCUT2D eigenvalue weighted by Crippen LogP contribution is -1.95. The summed E-state index contributed by atoms with van der Waals surface area (Å²) >= 11 is 2.98. The van der Waals surface area contributed by atoms with Crippen LogP contribution in [-0.2, 0) is 5.33 Å². The van der Waals surface area contributed by atoms with Gasteiger partial charge in [-0.2, -0.15) is 0 Å². The minimum absolute atomic E-state index is 0.195. The first-order chi connectivity index (χ1) is 5.65. The number of alkyl halides is 3. The molecule has 1 aromatic heterocycles. The largest absolute Gasteiger partial charge is 0.280 e. The fourth-order valence-corrected chi connectivity index (χ4v) is 1.15. The minimum Gasteiger partial charge on any atom is -0.252 e. The van der Waals surface area contributed by atoms with Gasteiger partial charge in [0.05, 0.1) is 6.20 Å². The van der Waals surface area contributed by atoms with Gasteiger partial charge in [-0.25, -0.2) is 13.2 Å². The molecule has 0 saturated heterocycles. The van der Waals surface area contributed by atoms with Gasteiger partial charge in [0.15, 0.2) is 0 Å². The Bertz CT molecular complexity index is 277. The van der Waals surface area contributed by atoms with Crippen molar-refractivity contribution in [2.24, 2.45) is 0 Å². The van der Waals surface area contributed by atoms with Crippen molar-refractivity contribution >= 4 is 15.9 Å². The molecule has 1 nitrogen and oxygen atoms in total. The lowest BCUT2D eigenvalue weighted by molar-refractivity contribution is 0.146. The second-order valence-corrected chi connectivity index (χ2v) is 2.70. The zero-order chi connectivity index (χ0) is 9.14. The van der Waals surface area contributed by atoms with E-state index < -0.39 is 17.9 Å². The molecule has 0 aliphatic rings. The van der Waals surface area contributed by atoms with Crippen LogP contribution in [0.25, 0.3) is 0 Å². The maximum Gasteiger partial charge on any atom is 0.280 e. The second-order valence-electron chi connectivity index (χ2n) is 2.13. The Kier molecular flexibility index (Phi) is 3.08. The van der Waals surface area contributed by atoms with Crippen LogP contribution in [0.3, 0.4) is 0 Å². The van der Waals surface area contributed by atoms with Crippen LogP contribution in [0, 0.1) is 5.82 Å². The summed E-state index contributed by atoms with van der Waals surface area (Å²) in [5.74, 6) is -0.573. The molecule has 1 aromatic rings. The SMILES string of the molecule is Fc1cnc(C(F)F)cc1CBr. The van der Waals surface area contributed by atoms with Crippen molar-refractivity contribution in [3.8, 4) is 0 Å². The van der Waals surface area contributed by atoms with Gasteiger partial charge in [-0.1, -0.05) is 15.9 Å². The Morgan fingerprint density at radius 1 is 1.50 bits per heavy atom. The average molecular weight is 240 g/mol. The molecule has 0 amide bonds. The Hall–Kier alpha value is -0.580. The molecule has 0 aromatic carbocycles. The van der Waals surface area contributed by atoms with Crippen LogP contribution in [0.1, 0.15) is 17.7 Å². The zero-order valence-corrected chi connectivity index (χ0v) is 7.48. The number of pyridine rings is 1. The normalized spacial score (nSPS) is 10.8. The van der Waals surface area contributed by atoms with Crippen molar-refractivity contribution < 1.29 is 13.2 Å². The van der Waals surface area contributed by atoms with E-state index in [0.717, 1.165) is 12.3 Å². The Labute approximate surface area is 75.7 Å². The van der Waals surface area contributed by atoms with Gasteiger partial charge >= 0.3 is 0 Å². The molecule has 1 rings (SSSR count). The predicted octanol–water partition coefficient (Wildman–Crippen LogP) is 3.05. The predicted molar refractivity (Wildman–Crippen MR) is 41.8 cm³/mol. The standard InChI is InChI=1S/C7H5BrF3N/c8-2-4-1-6(7(10)11)12-3-5(4)9/h1,3,7H,2H2. The lowest BCUT2D eigenvalue weighted by atomic mass is 10.2. The fourth-order valence-electron chi connectivity index (χ4n) is 0.721. The lowest BCUT2D eigenvalue weighted by Gasteiger charge is -2.01. The molecule has 0 spiro atoms. The molecule has 0 unspecified atom stereocenters. The molecule has 0 N–H and O–H groups in total. The number of halogens is 4. The third-order valence-corrected chi connectivity index (χ3v) is 1.93. The molecule has 12 heavy (non-hydrogen) atoms. The summed E-state index contributed by atoms with van der Waals surface area (Å²) in [6.45, 7) is 0. The van der Waals surface area contributed by atoms with E-state index in [4.69, 9.17) is 0 Å². The topological polar surface area (TPSA) is 12.9 Å². The van der Waals surface area contributed by atoms with Gasteiger partial charge in [0, 0.05) is 10.9 Å². The molecular formula is C7H5BrF3N. The van der Waals surface area contributed by atoms with Crippen LogP contribution in [0.5, 0.6) is 0 Å². The van der Waals surface area contributed by atoms with Crippen LogP contribution in [0.4, 0.5) is 13.2 Å². The first-order valence-electron chi connectivity index (χ1n) is 3.13. The van der Waals surface area contributed by atoms with Gasteiger partial charge in [0.2, 0.25) is 0 Å². The summed E-state index contributed by atoms with van der Waals surface area (Å²) in [5.41, 5.74) is -0.203. The summed E-state index contributed by atoms with van der Waals surface area (Å²) in [4.78, 5) is 3.24. The fraction of sp³-hybridized carbons (Fsp3) is 0.286. The van der Waals surface area contributed by atoms with E-state index >= 15 is 0 Å². The summed E-state index contributed by atoms with van der Waals surface area (Å²) in [6.07, 6.45) is -1.85. The van der Waals surface area contributed by atoms with Crippen molar-refractivity contribution in [1.82, 2.24) is 4.98 Å². The summed E-state index contributed by atoms with van der Waals surface area (Å²) in [5, 5.41) is 0.209. The van der Waals surface area contributed by atoms with Gasteiger partial charge in [-0.05, 0) is 6.07 Å². The van der Waals surface area contributed by atoms with Crippen LogP contribution in [-0.4, -0.2) is 4.98 Å². The van der Waals surface area contributed by atoms with Crippen molar-refractivity contribution in [1.29, 1.82) is 0 Å². The summed E-state index contributed by atoms with van der Waals surface area (Å²) < 4.78 is 36.7. The van der Waals surface area contributed by atoms with E-state index in [-0.39, 0.29) is 10.9 Å². The van der Waals surface area contributed by atoms with Gasteiger partial charge in [0.25, 0.3) is 6.43 Å². The first-order valence-corrected chi connectivity index (χ1v) is 4.25. The van der Waals surface area contributed by atoms with Gasteiger partial charge in [-0.3, -0.25) is 4.98 Å². The van der Waals surface area contributed by atoms with E-state index in [0.29, 0.717) is 0 Å². The number of aromatic nitrogens is 1. The molecule has 0 aliphatic carbocycles. The highest BCUT2D eigenvalue weighted by atomic mass is 79.9. The smallest absolute Gasteiger partial charge is 0.252 e. The van der Waals surface area contributed by atoms with Crippen molar-refractivity contribution in [3.63, 3.8) is 0 Å². The number of hydrogen-bond acceptors (Lipinski definition) is 1. The van der Waals surface area contributed by atoms with Crippen LogP contribution in [0.15, 0.2) is 12.3 Å². The van der Waals surface area contributed by atoms with Crippen molar-refractivity contribution in [2.45, 2.75) is 11.8 Å². The van der Waals surface area contributed by atoms with Gasteiger partial charge in [0.1, 0.15) is 11.5 Å². The third kappa shape index (κ3) is 1.97. The molecule has 66 valence electrons. The summed E-state index contributed by atoms with van der Waals surface area (Å²) in [6, 6.07) is 1.05. The van der Waals surface area contributed by atoms with Crippen molar-refractivity contribution in [2.75, 3.05) is 0 Å². The molecule has 1 heterocycles. The minimum atomic E-state index is -2.65. The van der Waals surface area contributed by atoms with Crippen LogP contribution < -0.4 is 0 Å². The third-order valence-electron chi connectivity index (χ3n) is 1.32. The zero-order valence-electron chi connectivity index (χ0n) is 5.90. The Morgan fingerprint density at radius 2 is 2.17 bits per heavy atom. The highest BCUT2D eigenvalue weighted by Gasteiger charge is 2.11. The summed E-state index contributed by atoms with van der Waals surface area (Å²) in [7, 11) is 0. The monoisotopic (exact) mass is 239 g/mol. The quantitative estimate of drug-likeness (QED) is 0.724. The molecule has 0 aliphatic heterocycles. The first kappa shape index (κ1) is 9.51. The maximum absolute atomic E-state index is 12.7. The number of rotatable bonds is 2. The molecular weight excluding hydrogens is 235 g/mol. The van der Waals surface area contributed by atoms with Gasteiger partial charge < -0.3 is 0 Å². The molecule has 0 radical (unpaired) electrons. The van der Waals surface area contributed by atoms with Gasteiger partial charge in [-0.15, -0.1) is 0 Å². The van der Waals surface area contributed by atoms with E-state index in [1.165, 1.54) is 0 Å². The molecule has 5 heteroatoms. The molecule has 0 atom stereocenters. The molecule has 0 bridgehead atoms. The van der Waals surface area contributed by atoms with E-state index in [1.807, 2.05) is 0 Å². The van der Waals surface area contributed by atoms with E-state index in [2.05, 4.69) is 20.9 Å². The van der Waals surface area contributed by atoms with E-state index in [1.54, 1.807) is 0 Å². The highest BCUT2D eigenvalue weighted by Crippen LogP contribution is 2.19. The Balaban J connectivity index is 3.05. The molecule has 0 saturated carbocycles. The van der Waals surface area contributed by atoms with Crippen molar-refractivity contribution in [3.05, 3.63) is 29.3 Å². The maximum atomic E-state index is 12.7.